The fourth-order valence-corrected chi connectivity index (χ4v) is 2.27. The van der Waals surface area contributed by atoms with Gasteiger partial charge >= 0.3 is 11.9 Å². The average Bonchev–Trinajstić information content (AvgIpc) is 2.43. The summed E-state index contributed by atoms with van der Waals surface area (Å²) in [6, 6.07) is 1.87. The Labute approximate surface area is 127 Å². The number of esters is 1. The van der Waals surface area contributed by atoms with Crippen molar-refractivity contribution in [3.63, 3.8) is 0 Å². The Morgan fingerprint density at radius 3 is 2.57 bits per heavy atom. The minimum Gasteiger partial charge on any atom is -0.478 e. The zero-order chi connectivity index (χ0) is 16.0. The molecule has 0 spiro atoms. The number of carboxylic acids is 1. The topological polar surface area (TPSA) is 100 Å². The molecule has 1 rings (SSSR count). The Kier molecular flexibility index (Phi) is 6.12. The predicted molar refractivity (Wildman–Crippen MR) is 75.3 cm³/mol. The standard InChI is InChI=1S/C14H15ClN2O4/c1-3-8-9(7-16)13(15)17-10(12(8)14(19)20)5-6-11(18)21-4-2/h3-6H2,1-2H3,(H,19,20). The number of nitriles is 1. The highest BCUT2D eigenvalue weighted by Gasteiger charge is 2.23. The Balaban J connectivity index is 3.26. The normalized spacial score (nSPS) is 10.0. The first kappa shape index (κ1) is 16.9. The Bertz CT molecular complexity index is 608. The molecule has 7 heteroatoms. The van der Waals surface area contributed by atoms with Gasteiger partial charge < -0.3 is 9.84 Å². The van der Waals surface area contributed by atoms with E-state index >= 15 is 0 Å². The fraction of sp³-hybridized carbons (Fsp3) is 0.429. The number of ether oxygens (including phenoxy) is 1. The maximum atomic E-state index is 11.4. The molecule has 0 unspecified atom stereocenters. The van der Waals surface area contributed by atoms with Gasteiger partial charge in [-0.25, -0.2) is 9.78 Å². The third-order valence-corrected chi connectivity index (χ3v) is 3.16. The highest BCUT2D eigenvalue weighted by atomic mass is 35.5. The van der Waals surface area contributed by atoms with Crippen LogP contribution in [-0.2, 0) is 22.4 Å². The number of carboxylic acid groups (broad SMARTS) is 1. The Hall–Kier alpha value is -2.13. The van der Waals surface area contributed by atoms with Crippen LogP contribution in [0, 0.1) is 11.3 Å². The molecule has 0 saturated carbocycles. The van der Waals surface area contributed by atoms with Crippen molar-refractivity contribution < 1.29 is 19.4 Å². The summed E-state index contributed by atoms with van der Waals surface area (Å²) < 4.78 is 4.80. The van der Waals surface area contributed by atoms with Crippen LogP contribution in [-0.4, -0.2) is 28.6 Å². The van der Waals surface area contributed by atoms with Crippen molar-refractivity contribution in [1.29, 1.82) is 5.26 Å². The number of aromatic carboxylic acids is 1. The first-order valence-electron chi connectivity index (χ1n) is 6.46. The number of hydrogen-bond acceptors (Lipinski definition) is 5. The van der Waals surface area contributed by atoms with Gasteiger partial charge in [0, 0.05) is 6.42 Å². The maximum absolute atomic E-state index is 11.4. The van der Waals surface area contributed by atoms with E-state index in [0.717, 1.165) is 0 Å². The molecule has 0 atom stereocenters. The van der Waals surface area contributed by atoms with Gasteiger partial charge in [0.2, 0.25) is 0 Å². The van der Waals surface area contributed by atoms with Crippen LogP contribution in [0.1, 0.15) is 47.4 Å². The van der Waals surface area contributed by atoms with E-state index in [1.807, 2.05) is 6.07 Å². The van der Waals surface area contributed by atoms with Crippen LogP contribution in [0.25, 0.3) is 0 Å². The van der Waals surface area contributed by atoms with E-state index in [0.29, 0.717) is 12.0 Å². The third kappa shape index (κ3) is 3.92. The van der Waals surface area contributed by atoms with Crippen molar-refractivity contribution in [2.24, 2.45) is 0 Å². The van der Waals surface area contributed by atoms with Crippen molar-refractivity contribution in [1.82, 2.24) is 4.98 Å². The van der Waals surface area contributed by atoms with Crippen molar-refractivity contribution in [2.75, 3.05) is 6.61 Å². The highest BCUT2D eigenvalue weighted by Crippen LogP contribution is 2.25. The van der Waals surface area contributed by atoms with Crippen LogP contribution in [0.2, 0.25) is 5.15 Å². The van der Waals surface area contributed by atoms with E-state index in [4.69, 9.17) is 21.6 Å². The molecule has 0 bridgehead atoms. The number of aryl methyl sites for hydroxylation is 1. The molecule has 0 aliphatic carbocycles. The second-order valence-electron chi connectivity index (χ2n) is 4.15. The number of rotatable bonds is 6. The molecule has 0 aromatic carbocycles. The zero-order valence-corrected chi connectivity index (χ0v) is 12.5. The molecular formula is C14H15ClN2O4. The van der Waals surface area contributed by atoms with Crippen molar-refractivity contribution >= 4 is 23.5 Å². The lowest BCUT2D eigenvalue weighted by molar-refractivity contribution is -0.143. The van der Waals surface area contributed by atoms with E-state index in [-0.39, 0.29) is 41.4 Å². The summed E-state index contributed by atoms with van der Waals surface area (Å²) in [5, 5.41) is 18.4. The molecule has 1 heterocycles. The molecule has 0 saturated heterocycles. The van der Waals surface area contributed by atoms with Crippen molar-refractivity contribution in [2.45, 2.75) is 33.1 Å². The van der Waals surface area contributed by atoms with E-state index < -0.39 is 11.9 Å². The predicted octanol–water partition coefficient (Wildman–Crippen LogP) is 2.36. The summed E-state index contributed by atoms with van der Waals surface area (Å²) in [7, 11) is 0. The summed E-state index contributed by atoms with van der Waals surface area (Å²) >= 11 is 5.92. The summed E-state index contributed by atoms with van der Waals surface area (Å²) in [6.45, 7) is 3.67. The van der Waals surface area contributed by atoms with Crippen LogP contribution in [0.4, 0.5) is 0 Å². The summed E-state index contributed by atoms with van der Waals surface area (Å²) in [5.74, 6) is -1.62. The summed E-state index contributed by atoms with van der Waals surface area (Å²) in [6.07, 6.45) is 0.435. The van der Waals surface area contributed by atoms with Crippen molar-refractivity contribution in [3.05, 3.63) is 27.5 Å². The lowest BCUT2D eigenvalue weighted by Crippen LogP contribution is -2.14. The minimum atomic E-state index is -1.19. The van der Waals surface area contributed by atoms with Crippen LogP contribution in [0.5, 0.6) is 0 Å². The molecule has 0 radical (unpaired) electrons. The van der Waals surface area contributed by atoms with Crippen molar-refractivity contribution in [3.8, 4) is 6.07 Å². The molecule has 1 aromatic rings. The second-order valence-corrected chi connectivity index (χ2v) is 4.51. The molecule has 112 valence electrons. The smallest absolute Gasteiger partial charge is 0.337 e. The number of aromatic nitrogens is 1. The van der Waals surface area contributed by atoms with E-state index in [9.17, 15) is 14.7 Å². The van der Waals surface area contributed by atoms with Crippen LogP contribution in [0.15, 0.2) is 0 Å². The molecule has 0 fully saturated rings. The van der Waals surface area contributed by atoms with Gasteiger partial charge in [-0.3, -0.25) is 4.79 Å². The molecule has 0 amide bonds. The summed E-state index contributed by atoms with van der Waals surface area (Å²) in [5.41, 5.74) is 0.541. The van der Waals surface area contributed by atoms with Gasteiger partial charge in [-0.2, -0.15) is 5.26 Å². The van der Waals surface area contributed by atoms with Crippen LogP contribution in [0.3, 0.4) is 0 Å². The first-order chi connectivity index (χ1) is 9.96. The average molecular weight is 311 g/mol. The summed E-state index contributed by atoms with van der Waals surface area (Å²) in [4.78, 5) is 26.8. The van der Waals surface area contributed by atoms with E-state index in [1.165, 1.54) is 0 Å². The van der Waals surface area contributed by atoms with Gasteiger partial charge in [0.15, 0.2) is 0 Å². The molecular weight excluding hydrogens is 296 g/mol. The molecule has 21 heavy (non-hydrogen) atoms. The first-order valence-corrected chi connectivity index (χ1v) is 6.84. The largest absolute Gasteiger partial charge is 0.478 e. The Morgan fingerprint density at radius 1 is 1.43 bits per heavy atom. The molecule has 0 aliphatic heterocycles. The monoisotopic (exact) mass is 310 g/mol. The third-order valence-electron chi connectivity index (χ3n) is 2.88. The van der Waals surface area contributed by atoms with Gasteiger partial charge in [-0.05, 0) is 18.9 Å². The van der Waals surface area contributed by atoms with Gasteiger partial charge in [0.05, 0.1) is 29.8 Å². The van der Waals surface area contributed by atoms with Gasteiger partial charge in [-0.1, -0.05) is 18.5 Å². The van der Waals surface area contributed by atoms with Crippen LogP contribution >= 0.6 is 11.6 Å². The van der Waals surface area contributed by atoms with Gasteiger partial charge in [0.1, 0.15) is 11.2 Å². The molecule has 0 aliphatic rings. The SMILES string of the molecule is CCOC(=O)CCc1nc(Cl)c(C#N)c(CC)c1C(=O)O. The van der Waals surface area contributed by atoms with E-state index in [1.54, 1.807) is 13.8 Å². The maximum Gasteiger partial charge on any atom is 0.337 e. The lowest BCUT2D eigenvalue weighted by atomic mass is 9.97. The highest BCUT2D eigenvalue weighted by molar-refractivity contribution is 6.30. The molecule has 6 nitrogen and oxygen atoms in total. The number of carbonyl (C=O) groups excluding carboxylic acids is 1. The Morgan fingerprint density at radius 2 is 2.10 bits per heavy atom. The minimum absolute atomic E-state index is 0.00645. The molecule has 1 N–H and O–H groups in total. The number of pyridine rings is 1. The van der Waals surface area contributed by atoms with Crippen LogP contribution < -0.4 is 0 Å². The quantitative estimate of drug-likeness (QED) is 0.639. The fourth-order valence-electron chi connectivity index (χ4n) is 2.01. The number of hydrogen-bond donors (Lipinski definition) is 1. The second kappa shape index (κ2) is 7.60. The lowest BCUT2D eigenvalue weighted by Gasteiger charge is -2.12. The number of halogens is 1. The molecule has 1 aromatic heterocycles. The zero-order valence-electron chi connectivity index (χ0n) is 11.8. The number of nitrogens with zero attached hydrogens (tertiary/aromatic N) is 2. The van der Waals surface area contributed by atoms with Gasteiger partial charge in [0.25, 0.3) is 0 Å². The van der Waals surface area contributed by atoms with E-state index in [2.05, 4.69) is 4.98 Å². The number of carbonyl (C=O) groups is 2. The van der Waals surface area contributed by atoms with Gasteiger partial charge in [-0.15, -0.1) is 0 Å².